The molecule has 0 radical (unpaired) electrons. The van der Waals surface area contributed by atoms with E-state index in [1.807, 2.05) is 18.2 Å². The van der Waals surface area contributed by atoms with Gasteiger partial charge in [0.05, 0.1) is 6.04 Å². The first kappa shape index (κ1) is 16.2. The predicted molar refractivity (Wildman–Crippen MR) is 92.0 cm³/mol. The van der Waals surface area contributed by atoms with Crippen molar-refractivity contribution in [2.24, 2.45) is 5.84 Å². The van der Waals surface area contributed by atoms with Crippen molar-refractivity contribution in [1.29, 1.82) is 0 Å². The molecule has 0 aliphatic rings. The Hall–Kier alpha value is -0.210. The Kier molecular flexibility index (Phi) is 5.80. The van der Waals surface area contributed by atoms with Crippen LogP contribution in [-0.2, 0) is 6.42 Å². The third-order valence-electron chi connectivity index (χ3n) is 2.97. The van der Waals surface area contributed by atoms with Crippen LogP contribution in [0.2, 0.25) is 5.02 Å². The third kappa shape index (κ3) is 3.92. The maximum absolute atomic E-state index is 13.1. The molecule has 2 rings (SSSR count). The third-order valence-corrected chi connectivity index (χ3v) is 4.93. The number of hydrazine groups is 1. The Bertz CT molecular complexity index is 624. The van der Waals surface area contributed by atoms with Crippen molar-refractivity contribution in [2.45, 2.75) is 12.5 Å². The van der Waals surface area contributed by atoms with E-state index in [4.69, 9.17) is 17.4 Å². The van der Waals surface area contributed by atoms with Crippen molar-refractivity contribution in [3.05, 3.63) is 66.4 Å². The highest BCUT2D eigenvalue weighted by molar-refractivity contribution is 14.1. The Morgan fingerprint density at radius 3 is 2.70 bits per heavy atom. The van der Waals surface area contributed by atoms with Crippen LogP contribution in [0.1, 0.15) is 17.2 Å². The molecule has 0 aliphatic carbocycles. The summed E-state index contributed by atoms with van der Waals surface area (Å²) in [6.45, 7) is 0. The van der Waals surface area contributed by atoms with Gasteiger partial charge in [0.15, 0.2) is 0 Å². The molecule has 1 atom stereocenters. The van der Waals surface area contributed by atoms with Crippen LogP contribution >= 0.6 is 50.1 Å². The lowest BCUT2D eigenvalue weighted by Crippen LogP contribution is -2.30. The molecule has 2 aromatic carbocycles. The SMILES string of the molecule is NNC(Cc1ccc(F)cc1Br)c1cc(Cl)ccc1I. The summed E-state index contributed by atoms with van der Waals surface area (Å²) >= 11 is 11.7. The van der Waals surface area contributed by atoms with Crippen LogP contribution in [0.5, 0.6) is 0 Å². The fourth-order valence-corrected chi connectivity index (χ4v) is 3.35. The van der Waals surface area contributed by atoms with Gasteiger partial charge in [-0.25, -0.2) is 4.39 Å². The number of nitrogens with one attached hydrogen (secondary N) is 1. The molecule has 0 spiro atoms. The first-order chi connectivity index (χ1) is 9.51. The van der Waals surface area contributed by atoms with Gasteiger partial charge in [-0.2, -0.15) is 0 Å². The lowest BCUT2D eigenvalue weighted by molar-refractivity contribution is 0.547. The van der Waals surface area contributed by atoms with Gasteiger partial charge in [0.1, 0.15) is 5.82 Å². The summed E-state index contributed by atoms with van der Waals surface area (Å²) in [7, 11) is 0. The van der Waals surface area contributed by atoms with Gasteiger partial charge < -0.3 is 0 Å². The average Bonchev–Trinajstić information content (AvgIpc) is 2.41. The number of halogens is 4. The molecule has 2 nitrogen and oxygen atoms in total. The lowest BCUT2D eigenvalue weighted by atomic mass is 9.99. The average molecular weight is 470 g/mol. The topological polar surface area (TPSA) is 38.0 Å². The van der Waals surface area contributed by atoms with Crippen LogP contribution in [-0.4, -0.2) is 0 Å². The summed E-state index contributed by atoms with van der Waals surface area (Å²) < 4.78 is 14.9. The van der Waals surface area contributed by atoms with Gasteiger partial charge in [-0.15, -0.1) is 0 Å². The first-order valence-corrected chi connectivity index (χ1v) is 8.11. The molecule has 0 amide bonds. The van der Waals surface area contributed by atoms with E-state index in [9.17, 15) is 4.39 Å². The molecule has 0 heterocycles. The van der Waals surface area contributed by atoms with Crippen molar-refractivity contribution in [2.75, 3.05) is 0 Å². The second-order valence-electron chi connectivity index (χ2n) is 4.32. The van der Waals surface area contributed by atoms with Crippen LogP contribution in [0, 0.1) is 9.39 Å². The van der Waals surface area contributed by atoms with E-state index < -0.39 is 0 Å². The summed E-state index contributed by atoms with van der Waals surface area (Å²) in [5.74, 6) is 5.40. The molecular formula is C14H12BrClFIN2. The van der Waals surface area contributed by atoms with Crippen LogP contribution in [0.3, 0.4) is 0 Å². The standard InChI is InChI=1S/C14H12BrClFIN2/c15-12-7-10(17)3-1-8(12)5-14(20-19)11-6-9(16)2-4-13(11)18/h1-4,6-7,14,20H,5,19H2. The molecule has 0 aliphatic heterocycles. The molecular weight excluding hydrogens is 457 g/mol. The van der Waals surface area contributed by atoms with E-state index in [2.05, 4.69) is 43.9 Å². The number of benzene rings is 2. The molecule has 3 N–H and O–H groups in total. The van der Waals surface area contributed by atoms with Gasteiger partial charge in [-0.1, -0.05) is 33.6 Å². The minimum atomic E-state index is -0.268. The Balaban J connectivity index is 2.31. The maximum atomic E-state index is 13.1. The summed E-state index contributed by atoms with van der Waals surface area (Å²) in [4.78, 5) is 0. The Labute approximate surface area is 144 Å². The summed E-state index contributed by atoms with van der Waals surface area (Å²) in [6.07, 6.45) is 0.633. The minimum Gasteiger partial charge on any atom is -0.271 e. The van der Waals surface area contributed by atoms with Crippen LogP contribution < -0.4 is 11.3 Å². The molecule has 0 saturated heterocycles. The highest BCUT2D eigenvalue weighted by atomic mass is 127. The zero-order valence-corrected chi connectivity index (χ0v) is 14.8. The molecule has 6 heteroatoms. The Morgan fingerprint density at radius 1 is 1.30 bits per heavy atom. The number of rotatable bonds is 4. The maximum Gasteiger partial charge on any atom is 0.124 e. The fourth-order valence-electron chi connectivity index (χ4n) is 1.95. The van der Waals surface area contributed by atoms with E-state index in [0.717, 1.165) is 19.2 Å². The molecule has 106 valence electrons. The number of nitrogens with two attached hydrogens (primary N) is 1. The first-order valence-electron chi connectivity index (χ1n) is 5.86. The van der Waals surface area contributed by atoms with E-state index in [1.165, 1.54) is 12.1 Å². The van der Waals surface area contributed by atoms with Crippen LogP contribution in [0.4, 0.5) is 4.39 Å². The van der Waals surface area contributed by atoms with E-state index in [1.54, 1.807) is 6.07 Å². The second-order valence-corrected chi connectivity index (χ2v) is 6.78. The largest absolute Gasteiger partial charge is 0.271 e. The smallest absolute Gasteiger partial charge is 0.124 e. The molecule has 0 saturated carbocycles. The quantitative estimate of drug-likeness (QED) is 0.391. The van der Waals surface area contributed by atoms with E-state index >= 15 is 0 Å². The van der Waals surface area contributed by atoms with Crippen molar-refractivity contribution >= 4 is 50.1 Å². The molecule has 2 aromatic rings. The highest BCUT2D eigenvalue weighted by Crippen LogP contribution is 2.28. The number of hydrogen-bond donors (Lipinski definition) is 2. The highest BCUT2D eigenvalue weighted by Gasteiger charge is 2.16. The molecule has 1 unspecified atom stereocenters. The molecule has 20 heavy (non-hydrogen) atoms. The zero-order valence-electron chi connectivity index (χ0n) is 10.3. The van der Waals surface area contributed by atoms with Crippen molar-refractivity contribution in [3.63, 3.8) is 0 Å². The zero-order chi connectivity index (χ0) is 14.7. The van der Waals surface area contributed by atoms with Gasteiger partial charge in [-0.3, -0.25) is 11.3 Å². The van der Waals surface area contributed by atoms with Crippen molar-refractivity contribution in [3.8, 4) is 0 Å². The molecule has 0 aromatic heterocycles. The summed E-state index contributed by atoms with van der Waals surface area (Å²) in [5, 5.41) is 0.666. The lowest BCUT2D eigenvalue weighted by Gasteiger charge is -2.19. The van der Waals surface area contributed by atoms with Gasteiger partial charge in [0.25, 0.3) is 0 Å². The summed E-state index contributed by atoms with van der Waals surface area (Å²) in [5.41, 5.74) is 4.80. The molecule has 0 fully saturated rings. The van der Waals surface area contributed by atoms with Gasteiger partial charge in [0, 0.05) is 13.1 Å². The van der Waals surface area contributed by atoms with Crippen LogP contribution in [0.25, 0.3) is 0 Å². The normalized spacial score (nSPS) is 12.4. The van der Waals surface area contributed by atoms with E-state index in [0.29, 0.717) is 11.4 Å². The Morgan fingerprint density at radius 2 is 2.05 bits per heavy atom. The van der Waals surface area contributed by atoms with Gasteiger partial charge in [0.2, 0.25) is 0 Å². The minimum absolute atomic E-state index is 0.0950. The van der Waals surface area contributed by atoms with Crippen molar-refractivity contribution < 1.29 is 4.39 Å². The predicted octanol–water partition coefficient (Wildman–Crippen LogP) is 4.59. The van der Waals surface area contributed by atoms with Crippen LogP contribution in [0.15, 0.2) is 40.9 Å². The fraction of sp³-hybridized carbons (Fsp3) is 0.143. The molecule has 0 bridgehead atoms. The van der Waals surface area contributed by atoms with Gasteiger partial charge in [-0.05, 0) is 70.5 Å². The number of hydrogen-bond acceptors (Lipinski definition) is 2. The van der Waals surface area contributed by atoms with E-state index in [-0.39, 0.29) is 11.9 Å². The summed E-state index contributed by atoms with van der Waals surface area (Å²) in [6, 6.07) is 10.2. The monoisotopic (exact) mass is 468 g/mol. The second kappa shape index (κ2) is 7.17. The van der Waals surface area contributed by atoms with Gasteiger partial charge >= 0.3 is 0 Å². The van der Waals surface area contributed by atoms with Crippen molar-refractivity contribution in [1.82, 2.24) is 5.43 Å².